The third-order valence-electron chi connectivity index (χ3n) is 3.82. The summed E-state index contributed by atoms with van der Waals surface area (Å²) in [7, 11) is 0. The molecule has 2 N–H and O–H groups in total. The van der Waals surface area contributed by atoms with Crippen molar-refractivity contribution in [3.8, 4) is 0 Å². The van der Waals surface area contributed by atoms with Gasteiger partial charge in [-0.25, -0.2) is 4.79 Å². The molecule has 0 bridgehead atoms. The third-order valence-corrected chi connectivity index (χ3v) is 3.82. The molecule has 6 heteroatoms. The fourth-order valence-electron chi connectivity index (χ4n) is 2.55. The Bertz CT molecular complexity index is 625. The summed E-state index contributed by atoms with van der Waals surface area (Å²) in [5, 5.41) is 5.33. The first-order chi connectivity index (χ1) is 10.9. The molecular weight excluding hydrogens is 296 g/mol. The Morgan fingerprint density at radius 3 is 2.74 bits per heavy atom. The molecular formula is C17H22N2O4. The van der Waals surface area contributed by atoms with Crippen molar-refractivity contribution in [3.63, 3.8) is 0 Å². The number of carbonyl (C=O) groups excluding carboxylic acids is 3. The van der Waals surface area contributed by atoms with Gasteiger partial charge in [0, 0.05) is 12.1 Å². The van der Waals surface area contributed by atoms with Gasteiger partial charge in [0.25, 0.3) is 5.91 Å². The van der Waals surface area contributed by atoms with Gasteiger partial charge >= 0.3 is 5.97 Å². The fraction of sp³-hybridized carbons (Fsp3) is 0.471. The molecule has 1 atom stereocenters. The highest BCUT2D eigenvalue weighted by atomic mass is 16.5. The summed E-state index contributed by atoms with van der Waals surface area (Å²) in [5.41, 5.74) is 2.75. The van der Waals surface area contributed by atoms with E-state index in [9.17, 15) is 14.4 Å². The SMILES string of the molecule is Cc1cccc(C(C)C)c1NC(=O)COC(=O)[C@@H]1CCC(=O)N1. The second-order valence-electron chi connectivity index (χ2n) is 6.01. The van der Waals surface area contributed by atoms with Crippen LogP contribution in [0.2, 0.25) is 0 Å². The van der Waals surface area contributed by atoms with Crippen molar-refractivity contribution in [2.45, 2.75) is 45.6 Å². The number of nitrogens with one attached hydrogen (secondary N) is 2. The maximum atomic E-state index is 12.0. The van der Waals surface area contributed by atoms with Gasteiger partial charge in [0.15, 0.2) is 6.61 Å². The highest BCUT2D eigenvalue weighted by Crippen LogP contribution is 2.27. The van der Waals surface area contributed by atoms with E-state index in [1.165, 1.54) is 0 Å². The molecule has 0 aromatic heterocycles. The monoisotopic (exact) mass is 318 g/mol. The van der Waals surface area contributed by atoms with Crippen molar-refractivity contribution in [2.24, 2.45) is 0 Å². The predicted molar refractivity (Wildman–Crippen MR) is 86.0 cm³/mol. The van der Waals surface area contributed by atoms with E-state index in [2.05, 4.69) is 10.6 Å². The second kappa shape index (κ2) is 7.26. The first-order valence-corrected chi connectivity index (χ1v) is 7.74. The molecule has 0 radical (unpaired) electrons. The van der Waals surface area contributed by atoms with E-state index in [0.717, 1.165) is 16.8 Å². The Morgan fingerprint density at radius 2 is 2.13 bits per heavy atom. The molecule has 1 aliphatic heterocycles. The van der Waals surface area contributed by atoms with E-state index in [1.54, 1.807) is 0 Å². The van der Waals surface area contributed by atoms with Gasteiger partial charge in [0.05, 0.1) is 0 Å². The normalized spacial score (nSPS) is 17.0. The summed E-state index contributed by atoms with van der Waals surface area (Å²) in [6.45, 7) is 5.65. The standard InChI is InChI=1S/C17H22N2O4/c1-10(2)12-6-4-5-11(3)16(12)19-15(21)9-23-17(22)13-7-8-14(20)18-13/h4-6,10,13H,7-9H2,1-3H3,(H,18,20)(H,19,21)/t13-/m0/s1. The highest BCUT2D eigenvalue weighted by Gasteiger charge is 2.28. The molecule has 1 heterocycles. The number of hydrogen-bond acceptors (Lipinski definition) is 4. The minimum atomic E-state index is -0.639. The number of para-hydroxylation sites is 1. The maximum Gasteiger partial charge on any atom is 0.329 e. The van der Waals surface area contributed by atoms with E-state index in [1.807, 2.05) is 39.0 Å². The van der Waals surface area contributed by atoms with E-state index < -0.39 is 12.0 Å². The van der Waals surface area contributed by atoms with E-state index in [-0.39, 0.29) is 24.3 Å². The van der Waals surface area contributed by atoms with Crippen LogP contribution < -0.4 is 10.6 Å². The summed E-state index contributed by atoms with van der Waals surface area (Å²) in [6.07, 6.45) is 0.724. The van der Waals surface area contributed by atoms with Crippen molar-refractivity contribution < 1.29 is 19.1 Å². The number of amides is 2. The van der Waals surface area contributed by atoms with Crippen LogP contribution in [0.15, 0.2) is 18.2 Å². The number of ether oxygens (including phenoxy) is 1. The first-order valence-electron chi connectivity index (χ1n) is 7.74. The Labute approximate surface area is 135 Å². The highest BCUT2D eigenvalue weighted by molar-refractivity contribution is 5.95. The lowest BCUT2D eigenvalue weighted by Gasteiger charge is -2.16. The minimum absolute atomic E-state index is 0.169. The molecule has 23 heavy (non-hydrogen) atoms. The van der Waals surface area contributed by atoms with Crippen LogP contribution in [0.1, 0.15) is 43.7 Å². The maximum absolute atomic E-state index is 12.0. The number of benzene rings is 1. The van der Waals surface area contributed by atoms with Gasteiger partial charge in [-0.15, -0.1) is 0 Å². The second-order valence-corrected chi connectivity index (χ2v) is 6.01. The van der Waals surface area contributed by atoms with E-state index in [0.29, 0.717) is 12.8 Å². The number of hydrogen-bond donors (Lipinski definition) is 2. The molecule has 2 amide bonds. The lowest BCUT2D eigenvalue weighted by molar-refractivity contribution is -0.149. The largest absolute Gasteiger partial charge is 0.454 e. The summed E-state index contributed by atoms with van der Waals surface area (Å²) in [4.78, 5) is 34.9. The molecule has 0 saturated carbocycles. The molecule has 124 valence electrons. The van der Waals surface area contributed by atoms with Gasteiger partial charge in [-0.1, -0.05) is 32.0 Å². The van der Waals surface area contributed by atoms with Gasteiger partial charge in [-0.3, -0.25) is 9.59 Å². The summed E-state index contributed by atoms with van der Waals surface area (Å²) in [6, 6.07) is 5.19. The van der Waals surface area contributed by atoms with Crippen molar-refractivity contribution in [3.05, 3.63) is 29.3 Å². The summed E-state index contributed by atoms with van der Waals surface area (Å²) >= 11 is 0. The van der Waals surface area contributed by atoms with Crippen molar-refractivity contribution in [2.75, 3.05) is 11.9 Å². The van der Waals surface area contributed by atoms with Crippen LogP contribution in [0, 0.1) is 6.92 Å². The molecule has 1 saturated heterocycles. The molecule has 1 aliphatic rings. The lowest BCUT2D eigenvalue weighted by atomic mass is 9.98. The molecule has 1 aromatic rings. The average molecular weight is 318 g/mol. The number of esters is 1. The molecule has 1 aromatic carbocycles. The molecule has 1 fully saturated rings. The fourth-order valence-corrected chi connectivity index (χ4v) is 2.55. The Morgan fingerprint density at radius 1 is 1.39 bits per heavy atom. The van der Waals surface area contributed by atoms with Gasteiger partial charge in [0.1, 0.15) is 6.04 Å². The van der Waals surface area contributed by atoms with Crippen LogP contribution >= 0.6 is 0 Å². The molecule has 0 unspecified atom stereocenters. The number of rotatable bonds is 5. The van der Waals surface area contributed by atoms with Gasteiger partial charge in [0.2, 0.25) is 5.91 Å². The van der Waals surface area contributed by atoms with Crippen molar-refractivity contribution in [1.29, 1.82) is 0 Å². The molecule has 2 rings (SSSR count). The van der Waals surface area contributed by atoms with Crippen LogP contribution in [-0.2, 0) is 19.1 Å². The minimum Gasteiger partial charge on any atom is -0.454 e. The van der Waals surface area contributed by atoms with E-state index >= 15 is 0 Å². The van der Waals surface area contributed by atoms with Gasteiger partial charge in [-0.05, 0) is 30.4 Å². The zero-order valence-corrected chi connectivity index (χ0v) is 13.6. The van der Waals surface area contributed by atoms with Crippen LogP contribution in [-0.4, -0.2) is 30.4 Å². The summed E-state index contributed by atoms with van der Waals surface area (Å²) in [5.74, 6) is -0.863. The van der Waals surface area contributed by atoms with Crippen LogP contribution in [0.4, 0.5) is 5.69 Å². The zero-order valence-electron chi connectivity index (χ0n) is 13.6. The van der Waals surface area contributed by atoms with Gasteiger partial charge < -0.3 is 15.4 Å². The summed E-state index contributed by atoms with van der Waals surface area (Å²) < 4.78 is 4.98. The van der Waals surface area contributed by atoms with Crippen LogP contribution in [0.25, 0.3) is 0 Å². The quantitative estimate of drug-likeness (QED) is 0.812. The Kier molecular flexibility index (Phi) is 5.36. The van der Waals surface area contributed by atoms with Gasteiger partial charge in [-0.2, -0.15) is 0 Å². The number of aryl methyl sites for hydroxylation is 1. The molecule has 0 spiro atoms. The Balaban J connectivity index is 1.93. The average Bonchev–Trinajstić information content (AvgIpc) is 2.93. The first kappa shape index (κ1) is 17.0. The van der Waals surface area contributed by atoms with Crippen LogP contribution in [0.3, 0.4) is 0 Å². The number of anilines is 1. The Hall–Kier alpha value is -2.37. The van der Waals surface area contributed by atoms with Crippen molar-refractivity contribution >= 4 is 23.5 Å². The topological polar surface area (TPSA) is 84.5 Å². The number of carbonyl (C=O) groups is 3. The predicted octanol–water partition coefficient (Wildman–Crippen LogP) is 1.88. The van der Waals surface area contributed by atoms with Crippen molar-refractivity contribution in [1.82, 2.24) is 5.32 Å². The van der Waals surface area contributed by atoms with E-state index in [4.69, 9.17) is 4.74 Å². The molecule has 0 aliphatic carbocycles. The lowest BCUT2D eigenvalue weighted by Crippen LogP contribution is -2.36. The van der Waals surface area contributed by atoms with Crippen LogP contribution in [0.5, 0.6) is 0 Å². The zero-order chi connectivity index (χ0) is 17.0. The smallest absolute Gasteiger partial charge is 0.329 e. The molecule has 6 nitrogen and oxygen atoms in total. The third kappa shape index (κ3) is 4.31.